The van der Waals surface area contributed by atoms with Crippen molar-refractivity contribution in [3.63, 3.8) is 0 Å². The van der Waals surface area contributed by atoms with Crippen molar-refractivity contribution in [2.45, 2.75) is 57.3 Å². The molecule has 0 amide bonds. The molecule has 4 aromatic carbocycles. The van der Waals surface area contributed by atoms with E-state index in [1.54, 1.807) is 0 Å². The van der Waals surface area contributed by atoms with E-state index in [-0.39, 0.29) is 17.5 Å². The van der Waals surface area contributed by atoms with Gasteiger partial charge in [-0.15, -0.1) is 0 Å². The second-order valence-corrected chi connectivity index (χ2v) is 11.2. The molecule has 0 radical (unpaired) electrons. The molecule has 4 aromatic rings. The number of hydrogen-bond donors (Lipinski definition) is 3. The quantitative estimate of drug-likeness (QED) is 0.254. The van der Waals surface area contributed by atoms with Gasteiger partial charge in [0.25, 0.3) is 0 Å². The summed E-state index contributed by atoms with van der Waals surface area (Å²) in [5.74, 6) is 0. The molecular weight excluding hydrogens is 452 g/mol. The summed E-state index contributed by atoms with van der Waals surface area (Å²) in [4.78, 5) is 0. The van der Waals surface area contributed by atoms with Gasteiger partial charge in [-0.1, -0.05) is 124 Å². The third kappa shape index (κ3) is 5.86. The Bertz CT molecular complexity index is 1280. The number of nitrogens with one attached hydrogen (secondary N) is 2. The molecule has 3 nitrogen and oxygen atoms in total. The van der Waals surface area contributed by atoms with Gasteiger partial charge in [-0.2, -0.15) is 0 Å². The minimum absolute atomic E-state index is 0.0548. The highest BCUT2D eigenvalue weighted by Crippen LogP contribution is 2.43. The van der Waals surface area contributed by atoms with Crippen LogP contribution in [0.15, 0.2) is 103 Å². The van der Waals surface area contributed by atoms with E-state index in [4.69, 9.17) is 0 Å². The zero-order valence-electron chi connectivity index (χ0n) is 22.1. The highest BCUT2D eigenvalue weighted by Gasteiger charge is 2.31. The zero-order valence-corrected chi connectivity index (χ0v) is 22.1. The lowest BCUT2D eigenvalue weighted by Crippen LogP contribution is -2.47. The van der Waals surface area contributed by atoms with Crippen LogP contribution in [-0.2, 0) is 18.4 Å². The first-order valence-corrected chi connectivity index (χ1v) is 13.4. The topological polar surface area (TPSA) is 44.3 Å². The van der Waals surface area contributed by atoms with Crippen LogP contribution < -0.4 is 10.6 Å². The van der Waals surface area contributed by atoms with Gasteiger partial charge in [0.2, 0.25) is 0 Å². The first-order valence-electron chi connectivity index (χ1n) is 13.4. The minimum atomic E-state index is -0.550. The van der Waals surface area contributed by atoms with Crippen LogP contribution in [0.5, 0.6) is 0 Å². The van der Waals surface area contributed by atoms with Crippen molar-refractivity contribution in [3.8, 4) is 11.1 Å². The molecule has 37 heavy (non-hydrogen) atoms. The van der Waals surface area contributed by atoms with Crippen molar-refractivity contribution in [2.75, 3.05) is 6.54 Å². The number of fused-ring (bicyclic) bond motifs is 3. The molecule has 1 aliphatic carbocycles. The number of aliphatic hydroxyl groups is 1. The van der Waals surface area contributed by atoms with E-state index < -0.39 is 6.10 Å². The van der Waals surface area contributed by atoms with Gasteiger partial charge < -0.3 is 15.7 Å². The standard InChI is InChI=1S/C34H38N2O/c1-34(2,3)26-15-11-14-25(20-26)22-35-23-32(37)31(21-24-12-5-4-6-13-24)36-33-29-18-9-7-16-27(29)28-17-8-10-19-30(28)33/h4-20,31-33,35-37H,21-23H2,1-3H3/t31-,32+/m0/s1. The Morgan fingerprint density at radius 2 is 1.32 bits per heavy atom. The monoisotopic (exact) mass is 490 g/mol. The van der Waals surface area contributed by atoms with E-state index in [2.05, 4.69) is 128 Å². The van der Waals surface area contributed by atoms with Gasteiger partial charge in [0, 0.05) is 19.1 Å². The normalized spacial score (nSPS) is 14.7. The summed E-state index contributed by atoms with van der Waals surface area (Å²) in [6.45, 7) is 7.96. The second kappa shape index (κ2) is 11.0. The molecule has 1 aliphatic rings. The number of rotatable bonds is 9. The van der Waals surface area contributed by atoms with Crippen LogP contribution in [0.4, 0.5) is 0 Å². The highest BCUT2D eigenvalue weighted by molar-refractivity contribution is 5.78. The smallest absolute Gasteiger partial charge is 0.0820 e. The Morgan fingerprint density at radius 1 is 0.730 bits per heavy atom. The third-order valence-corrected chi connectivity index (χ3v) is 7.45. The van der Waals surface area contributed by atoms with E-state index in [0.29, 0.717) is 6.54 Å². The number of hydrogen-bond acceptors (Lipinski definition) is 3. The third-order valence-electron chi connectivity index (χ3n) is 7.45. The summed E-state index contributed by atoms with van der Waals surface area (Å²) < 4.78 is 0. The lowest BCUT2D eigenvalue weighted by atomic mass is 9.86. The summed E-state index contributed by atoms with van der Waals surface area (Å²) in [7, 11) is 0. The average molecular weight is 491 g/mol. The summed E-state index contributed by atoms with van der Waals surface area (Å²) in [5.41, 5.74) is 9.02. The fourth-order valence-corrected chi connectivity index (χ4v) is 5.38. The van der Waals surface area contributed by atoms with E-state index in [9.17, 15) is 5.11 Å². The Morgan fingerprint density at radius 3 is 1.97 bits per heavy atom. The molecular formula is C34H38N2O. The molecule has 190 valence electrons. The fourth-order valence-electron chi connectivity index (χ4n) is 5.38. The van der Waals surface area contributed by atoms with Gasteiger partial charge in [0.05, 0.1) is 12.1 Å². The highest BCUT2D eigenvalue weighted by atomic mass is 16.3. The van der Waals surface area contributed by atoms with Gasteiger partial charge in [-0.3, -0.25) is 0 Å². The van der Waals surface area contributed by atoms with Crippen molar-refractivity contribution in [1.82, 2.24) is 10.6 Å². The van der Waals surface area contributed by atoms with Crippen LogP contribution in [0.3, 0.4) is 0 Å². The molecule has 0 unspecified atom stereocenters. The lowest BCUT2D eigenvalue weighted by Gasteiger charge is -2.29. The molecule has 3 N–H and O–H groups in total. The number of benzene rings is 4. The molecule has 0 heterocycles. The SMILES string of the molecule is CC(C)(C)c1cccc(CNC[C@@H](O)[C@H](Cc2ccccc2)NC2c3ccccc3-c3ccccc32)c1. The molecule has 0 spiro atoms. The van der Waals surface area contributed by atoms with Crippen molar-refractivity contribution in [2.24, 2.45) is 0 Å². The van der Waals surface area contributed by atoms with Crippen LogP contribution in [0.1, 0.15) is 54.6 Å². The molecule has 2 atom stereocenters. The summed E-state index contributed by atoms with van der Waals surface area (Å²) >= 11 is 0. The van der Waals surface area contributed by atoms with Gasteiger partial charge in [-0.25, -0.2) is 0 Å². The average Bonchev–Trinajstić information content (AvgIpc) is 3.22. The maximum Gasteiger partial charge on any atom is 0.0820 e. The van der Waals surface area contributed by atoms with Crippen molar-refractivity contribution in [3.05, 3.63) is 131 Å². The first kappa shape index (κ1) is 25.4. The predicted octanol–water partition coefficient (Wildman–Crippen LogP) is 6.41. The lowest BCUT2D eigenvalue weighted by molar-refractivity contribution is 0.120. The van der Waals surface area contributed by atoms with Crippen LogP contribution in [-0.4, -0.2) is 23.8 Å². The fraction of sp³-hybridized carbons (Fsp3) is 0.294. The molecule has 0 fully saturated rings. The van der Waals surface area contributed by atoms with Crippen molar-refractivity contribution in [1.29, 1.82) is 0 Å². The molecule has 0 bridgehead atoms. The van der Waals surface area contributed by atoms with Gasteiger partial charge in [0.15, 0.2) is 0 Å². The molecule has 5 rings (SSSR count). The van der Waals surface area contributed by atoms with Crippen LogP contribution in [0, 0.1) is 0 Å². The van der Waals surface area contributed by atoms with Gasteiger partial charge in [-0.05, 0) is 50.8 Å². The van der Waals surface area contributed by atoms with Crippen LogP contribution in [0.2, 0.25) is 0 Å². The van der Waals surface area contributed by atoms with Crippen molar-refractivity contribution >= 4 is 0 Å². The molecule has 0 saturated heterocycles. The van der Waals surface area contributed by atoms with E-state index in [1.807, 2.05) is 6.07 Å². The summed E-state index contributed by atoms with van der Waals surface area (Å²) in [6, 6.07) is 36.4. The van der Waals surface area contributed by atoms with E-state index >= 15 is 0 Å². The van der Waals surface area contributed by atoms with E-state index in [0.717, 1.165) is 13.0 Å². The maximum atomic E-state index is 11.5. The van der Waals surface area contributed by atoms with Crippen LogP contribution >= 0.6 is 0 Å². The summed E-state index contributed by atoms with van der Waals surface area (Å²) in [5, 5.41) is 18.8. The zero-order chi connectivity index (χ0) is 25.8. The molecule has 0 aromatic heterocycles. The summed E-state index contributed by atoms with van der Waals surface area (Å²) in [6.07, 6.45) is 0.204. The predicted molar refractivity (Wildman–Crippen MR) is 154 cm³/mol. The first-order chi connectivity index (χ1) is 17.9. The second-order valence-electron chi connectivity index (χ2n) is 11.2. The Labute approximate surface area is 221 Å². The Balaban J connectivity index is 1.33. The Kier molecular flexibility index (Phi) is 7.57. The molecule has 0 saturated carbocycles. The van der Waals surface area contributed by atoms with Crippen molar-refractivity contribution < 1.29 is 5.11 Å². The van der Waals surface area contributed by atoms with Gasteiger partial charge in [0.1, 0.15) is 0 Å². The Hall–Kier alpha value is -3.24. The van der Waals surface area contributed by atoms with Crippen LogP contribution in [0.25, 0.3) is 11.1 Å². The maximum absolute atomic E-state index is 11.5. The largest absolute Gasteiger partial charge is 0.390 e. The van der Waals surface area contributed by atoms with E-state index in [1.165, 1.54) is 38.9 Å². The molecule has 0 aliphatic heterocycles. The van der Waals surface area contributed by atoms with Gasteiger partial charge >= 0.3 is 0 Å². The number of aliphatic hydroxyl groups excluding tert-OH is 1. The minimum Gasteiger partial charge on any atom is -0.390 e. The molecule has 3 heteroatoms.